The highest BCUT2D eigenvalue weighted by Gasteiger charge is 2.30. The summed E-state index contributed by atoms with van der Waals surface area (Å²) < 4.78 is 38.2. The fourth-order valence-corrected chi connectivity index (χ4v) is 2.21. The van der Waals surface area contributed by atoms with Crippen LogP contribution in [0.15, 0.2) is 48.0 Å². The predicted octanol–water partition coefficient (Wildman–Crippen LogP) is 5.21. The summed E-state index contributed by atoms with van der Waals surface area (Å²) in [4.78, 5) is 12.2. The minimum Gasteiger partial charge on any atom is -0.321 e. The molecule has 0 aliphatic heterocycles. The zero-order valence-corrected chi connectivity index (χ0v) is 13.7. The lowest BCUT2D eigenvalue weighted by atomic mass is 10.1. The normalized spacial score (nSPS) is 11.8. The number of nitriles is 1. The summed E-state index contributed by atoms with van der Waals surface area (Å²) >= 11 is 5.87. The van der Waals surface area contributed by atoms with Crippen LogP contribution in [-0.4, -0.2) is 5.91 Å². The highest BCUT2D eigenvalue weighted by atomic mass is 35.5. The average Bonchev–Trinajstić information content (AvgIpc) is 2.55. The van der Waals surface area contributed by atoms with Crippen molar-refractivity contribution < 1.29 is 18.0 Å². The van der Waals surface area contributed by atoms with Crippen LogP contribution in [0.4, 0.5) is 18.9 Å². The summed E-state index contributed by atoms with van der Waals surface area (Å²) in [7, 11) is 0. The third kappa shape index (κ3) is 4.85. The number of nitrogens with one attached hydrogen (secondary N) is 1. The van der Waals surface area contributed by atoms with E-state index < -0.39 is 17.6 Å². The van der Waals surface area contributed by atoms with Gasteiger partial charge in [-0.15, -0.1) is 0 Å². The first kappa shape index (κ1) is 18.6. The average molecular weight is 365 g/mol. The molecule has 0 aliphatic carbocycles. The van der Waals surface area contributed by atoms with Crippen LogP contribution >= 0.6 is 11.6 Å². The number of nitrogens with zero attached hydrogens (tertiary/aromatic N) is 1. The van der Waals surface area contributed by atoms with E-state index in [4.69, 9.17) is 16.9 Å². The number of carbonyl (C=O) groups excluding carboxylic acids is 1. The molecule has 0 unspecified atom stereocenters. The second-order valence-electron chi connectivity index (χ2n) is 5.21. The first-order valence-corrected chi connectivity index (χ1v) is 7.45. The van der Waals surface area contributed by atoms with Crippen molar-refractivity contribution in [3.63, 3.8) is 0 Å². The van der Waals surface area contributed by atoms with Gasteiger partial charge in [-0.2, -0.15) is 18.4 Å². The molecule has 1 N–H and O–H groups in total. The second kappa shape index (κ2) is 7.41. The van der Waals surface area contributed by atoms with Gasteiger partial charge < -0.3 is 5.32 Å². The lowest BCUT2D eigenvalue weighted by Gasteiger charge is -2.09. The van der Waals surface area contributed by atoms with Crippen molar-refractivity contribution in [3.05, 3.63) is 69.8 Å². The molecule has 128 valence electrons. The number of hydrogen-bond acceptors (Lipinski definition) is 2. The number of aryl methyl sites for hydroxylation is 1. The molecule has 0 aromatic heterocycles. The molecule has 0 bridgehead atoms. The van der Waals surface area contributed by atoms with Gasteiger partial charge in [0, 0.05) is 10.7 Å². The summed E-state index contributed by atoms with van der Waals surface area (Å²) in [6.45, 7) is 1.74. The summed E-state index contributed by atoms with van der Waals surface area (Å²) in [5, 5.41) is 12.1. The molecule has 0 radical (unpaired) electrons. The summed E-state index contributed by atoms with van der Waals surface area (Å²) in [5.41, 5.74) is 0.0736. The van der Waals surface area contributed by atoms with Gasteiger partial charge in [0.25, 0.3) is 5.91 Å². The molecule has 2 aromatic carbocycles. The van der Waals surface area contributed by atoms with Crippen molar-refractivity contribution >= 4 is 29.3 Å². The van der Waals surface area contributed by atoms with Crippen LogP contribution in [0.3, 0.4) is 0 Å². The topological polar surface area (TPSA) is 52.9 Å². The van der Waals surface area contributed by atoms with Crippen LogP contribution in [-0.2, 0) is 11.0 Å². The monoisotopic (exact) mass is 364 g/mol. The smallest absolute Gasteiger partial charge is 0.321 e. The number of anilines is 1. The number of alkyl halides is 3. The van der Waals surface area contributed by atoms with Crippen molar-refractivity contribution in [2.45, 2.75) is 13.1 Å². The molecule has 1 amide bonds. The van der Waals surface area contributed by atoms with E-state index in [1.54, 1.807) is 25.1 Å². The fraction of sp³-hybridized carbons (Fsp3) is 0.111. The van der Waals surface area contributed by atoms with E-state index in [1.807, 2.05) is 0 Å². The summed E-state index contributed by atoms with van der Waals surface area (Å²) in [6.07, 6.45) is -3.40. The number of carbonyl (C=O) groups is 1. The number of benzene rings is 2. The first-order valence-electron chi connectivity index (χ1n) is 7.07. The van der Waals surface area contributed by atoms with Crippen molar-refractivity contribution in [1.82, 2.24) is 0 Å². The third-order valence-corrected chi connectivity index (χ3v) is 3.57. The quantitative estimate of drug-likeness (QED) is 0.600. The highest BCUT2D eigenvalue weighted by molar-refractivity contribution is 6.31. The Labute approximate surface area is 147 Å². The van der Waals surface area contributed by atoms with Crippen LogP contribution in [0.1, 0.15) is 16.7 Å². The third-order valence-electron chi connectivity index (χ3n) is 3.34. The maximum Gasteiger partial charge on any atom is 0.416 e. The van der Waals surface area contributed by atoms with E-state index in [0.29, 0.717) is 10.7 Å². The minimum absolute atomic E-state index is 0.101. The zero-order valence-electron chi connectivity index (χ0n) is 13.0. The number of halogens is 4. The Balaban J connectivity index is 2.30. The molecule has 0 saturated carbocycles. The Morgan fingerprint density at radius 3 is 2.60 bits per heavy atom. The number of hydrogen-bond donors (Lipinski definition) is 1. The SMILES string of the molecule is Cc1ccc(Cl)cc1NC(=O)/C(C#N)=C/c1cccc(C(F)(F)F)c1. The fourth-order valence-electron chi connectivity index (χ4n) is 2.04. The Morgan fingerprint density at radius 2 is 1.96 bits per heavy atom. The van der Waals surface area contributed by atoms with E-state index in [-0.39, 0.29) is 11.1 Å². The van der Waals surface area contributed by atoms with Crippen LogP contribution in [0.5, 0.6) is 0 Å². The molecule has 7 heteroatoms. The van der Waals surface area contributed by atoms with Gasteiger partial charge in [0.05, 0.1) is 5.56 Å². The standard InChI is InChI=1S/C18H12ClF3N2O/c1-11-5-6-15(19)9-16(11)24-17(25)13(10-23)7-12-3-2-4-14(8-12)18(20,21)22/h2-9H,1H3,(H,24,25)/b13-7+. The minimum atomic E-state index is -4.50. The molecule has 2 rings (SSSR count). The number of amides is 1. The van der Waals surface area contributed by atoms with E-state index in [9.17, 15) is 18.0 Å². The molecular weight excluding hydrogens is 353 g/mol. The molecule has 3 nitrogen and oxygen atoms in total. The van der Waals surface area contributed by atoms with Gasteiger partial charge >= 0.3 is 6.18 Å². The molecule has 0 spiro atoms. The van der Waals surface area contributed by atoms with Crippen LogP contribution in [0, 0.1) is 18.3 Å². The Kier molecular flexibility index (Phi) is 5.50. The van der Waals surface area contributed by atoms with Crippen molar-refractivity contribution in [2.24, 2.45) is 0 Å². The van der Waals surface area contributed by atoms with Crippen LogP contribution in [0.2, 0.25) is 5.02 Å². The van der Waals surface area contributed by atoms with Crippen LogP contribution in [0.25, 0.3) is 6.08 Å². The van der Waals surface area contributed by atoms with Crippen molar-refractivity contribution in [1.29, 1.82) is 5.26 Å². The maximum atomic E-state index is 12.7. The molecule has 0 fully saturated rings. The molecule has 0 saturated heterocycles. The lowest BCUT2D eigenvalue weighted by Crippen LogP contribution is -2.14. The largest absolute Gasteiger partial charge is 0.416 e. The van der Waals surface area contributed by atoms with E-state index in [0.717, 1.165) is 23.8 Å². The Bertz CT molecular complexity index is 883. The molecule has 2 aromatic rings. The zero-order chi connectivity index (χ0) is 18.6. The molecular formula is C18H12ClF3N2O. The van der Waals surface area contributed by atoms with Gasteiger partial charge in [-0.3, -0.25) is 4.79 Å². The lowest BCUT2D eigenvalue weighted by molar-refractivity contribution is -0.137. The van der Waals surface area contributed by atoms with Gasteiger partial charge in [0.1, 0.15) is 11.6 Å². The van der Waals surface area contributed by atoms with E-state index >= 15 is 0 Å². The van der Waals surface area contributed by atoms with Crippen LogP contribution < -0.4 is 5.32 Å². The van der Waals surface area contributed by atoms with Gasteiger partial charge in [0.2, 0.25) is 0 Å². The Morgan fingerprint density at radius 1 is 1.24 bits per heavy atom. The number of rotatable bonds is 3. The highest BCUT2D eigenvalue weighted by Crippen LogP contribution is 2.30. The summed E-state index contributed by atoms with van der Waals surface area (Å²) in [6, 6.07) is 10.9. The van der Waals surface area contributed by atoms with Crippen molar-refractivity contribution in [2.75, 3.05) is 5.32 Å². The second-order valence-corrected chi connectivity index (χ2v) is 5.64. The predicted molar refractivity (Wildman–Crippen MR) is 89.9 cm³/mol. The van der Waals surface area contributed by atoms with Gasteiger partial charge in [0.15, 0.2) is 0 Å². The maximum absolute atomic E-state index is 12.7. The summed E-state index contributed by atoms with van der Waals surface area (Å²) in [5.74, 6) is -0.731. The van der Waals surface area contributed by atoms with Gasteiger partial charge in [-0.05, 0) is 48.4 Å². The van der Waals surface area contributed by atoms with Crippen molar-refractivity contribution in [3.8, 4) is 6.07 Å². The van der Waals surface area contributed by atoms with E-state index in [2.05, 4.69) is 5.32 Å². The van der Waals surface area contributed by atoms with E-state index in [1.165, 1.54) is 18.2 Å². The van der Waals surface area contributed by atoms with Gasteiger partial charge in [-0.25, -0.2) is 0 Å². The molecule has 0 heterocycles. The Hall–Kier alpha value is -2.78. The molecule has 0 aliphatic rings. The van der Waals surface area contributed by atoms with Gasteiger partial charge in [-0.1, -0.05) is 29.8 Å². The molecule has 0 atom stereocenters. The first-order chi connectivity index (χ1) is 11.7. The molecule has 25 heavy (non-hydrogen) atoms.